The molecule has 1 aromatic rings. The molecule has 0 radical (unpaired) electrons. The van der Waals surface area contributed by atoms with E-state index < -0.39 is 10.0 Å². The highest BCUT2D eigenvalue weighted by Crippen LogP contribution is 2.25. The topological polar surface area (TPSA) is 98.2 Å². The number of hydrogen-bond donors (Lipinski definition) is 3. The Morgan fingerprint density at radius 2 is 2.12 bits per heavy atom. The van der Waals surface area contributed by atoms with E-state index in [0.717, 1.165) is 5.57 Å². The second-order valence-corrected chi connectivity index (χ2v) is 5.10. The summed E-state index contributed by atoms with van der Waals surface area (Å²) >= 11 is 0. The quantitative estimate of drug-likeness (QED) is 0.539. The number of nitrogens with two attached hydrogens (primary N) is 2. The Morgan fingerprint density at radius 3 is 2.62 bits per heavy atom. The lowest BCUT2D eigenvalue weighted by Gasteiger charge is -2.11. The highest BCUT2D eigenvalue weighted by atomic mass is 32.2. The average Bonchev–Trinajstić information content (AvgIpc) is 2.14. The highest BCUT2D eigenvalue weighted by molar-refractivity contribution is 7.89. The molecule has 6 heteroatoms. The zero-order chi connectivity index (χ0) is 12.3. The summed E-state index contributed by atoms with van der Waals surface area (Å²) in [6.07, 6.45) is 0. The summed E-state index contributed by atoms with van der Waals surface area (Å²) in [6, 6.07) is 4.64. The van der Waals surface area contributed by atoms with Gasteiger partial charge in [-0.05, 0) is 19.1 Å². The fraction of sp³-hybridized carbons (Fsp3) is 0.200. The van der Waals surface area contributed by atoms with Gasteiger partial charge in [-0.2, -0.15) is 0 Å². The van der Waals surface area contributed by atoms with Gasteiger partial charge in [-0.1, -0.05) is 18.2 Å². The number of sulfonamides is 1. The van der Waals surface area contributed by atoms with Crippen molar-refractivity contribution in [3.63, 3.8) is 0 Å². The first kappa shape index (κ1) is 12.5. The summed E-state index contributed by atoms with van der Waals surface area (Å²) in [6.45, 7) is 6.10. The van der Waals surface area contributed by atoms with E-state index in [9.17, 15) is 8.42 Å². The van der Waals surface area contributed by atoms with E-state index in [2.05, 4.69) is 11.9 Å². The van der Waals surface area contributed by atoms with Crippen molar-refractivity contribution in [1.82, 2.24) is 0 Å². The SMILES string of the molecule is C=C(C)CNc1cccc(S(N)(=O)=O)c1N. The van der Waals surface area contributed by atoms with Crippen LogP contribution in [0.5, 0.6) is 0 Å². The van der Waals surface area contributed by atoms with Crippen LogP contribution in [0.3, 0.4) is 0 Å². The number of nitrogens with one attached hydrogen (secondary N) is 1. The van der Waals surface area contributed by atoms with Gasteiger partial charge in [0.1, 0.15) is 4.90 Å². The van der Waals surface area contributed by atoms with Crippen molar-refractivity contribution in [2.75, 3.05) is 17.6 Å². The molecule has 0 heterocycles. The lowest BCUT2D eigenvalue weighted by atomic mass is 10.2. The number of nitrogen functional groups attached to an aromatic ring is 1. The van der Waals surface area contributed by atoms with Crippen LogP contribution in [-0.2, 0) is 10.0 Å². The lowest BCUT2D eigenvalue weighted by molar-refractivity contribution is 0.598. The number of rotatable bonds is 4. The molecule has 0 saturated heterocycles. The van der Waals surface area contributed by atoms with Crippen LogP contribution in [0.1, 0.15) is 6.92 Å². The van der Waals surface area contributed by atoms with Crippen molar-refractivity contribution in [3.8, 4) is 0 Å². The number of benzene rings is 1. The summed E-state index contributed by atoms with van der Waals surface area (Å²) in [7, 11) is -3.78. The molecule has 16 heavy (non-hydrogen) atoms. The van der Waals surface area contributed by atoms with Crippen LogP contribution in [0.2, 0.25) is 0 Å². The van der Waals surface area contributed by atoms with Gasteiger partial charge >= 0.3 is 0 Å². The van der Waals surface area contributed by atoms with Gasteiger partial charge in [0.15, 0.2) is 0 Å². The van der Waals surface area contributed by atoms with Crippen molar-refractivity contribution >= 4 is 21.4 Å². The molecule has 0 fully saturated rings. The molecule has 0 unspecified atom stereocenters. The van der Waals surface area contributed by atoms with Gasteiger partial charge in [0.05, 0.1) is 11.4 Å². The standard InChI is InChI=1S/C10H15N3O2S/c1-7(2)6-13-8-4-3-5-9(10(8)11)16(12,14)15/h3-5,13H,1,6,11H2,2H3,(H2,12,14,15). The molecule has 0 bridgehead atoms. The molecule has 1 rings (SSSR count). The molecule has 1 aromatic carbocycles. The third kappa shape index (κ3) is 2.98. The number of para-hydroxylation sites is 1. The predicted molar refractivity (Wildman–Crippen MR) is 65.5 cm³/mol. The number of hydrogen-bond acceptors (Lipinski definition) is 4. The van der Waals surface area contributed by atoms with Crippen LogP contribution >= 0.6 is 0 Å². The van der Waals surface area contributed by atoms with E-state index in [-0.39, 0.29) is 10.6 Å². The number of anilines is 2. The first-order chi connectivity index (χ1) is 7.32. The van der Waals surface area contributed by atoms with Gasteiger partial charge in [0.25, 0.3) is 0 Å². The fourth-order valence-electron chi connectivity index (χ4n) is 1.19. The van der Waals surface area contributed by atoms with Gasteiger partial charge in [-0.15, -0.1) is 0 Å². The van der Waals surface area contributed by atoms with Gasteiger partial charge in [-0.3, -0.25) is 0 Å². The van der Waals surface area contributed by atoms with Crippen molar-refractivity contribution in [3.05, 3.63) is 30.4 Å². The van der Waals surface area contributed by atoms with E-state index in [1.54, 1.807) is 12.1 Å². The van der Waals surface area contributed by atoms with E-state index in [0.29, 0.717) is 12.2 Å². The van der Waals surface area contributed by atoms with Crippen molar-refractivity contribution < 1.29 is 8.42 Å². The zero-order valence-electron chi connectivity index (χ0n) is 9.03. The van der Waals surface area contributed by atoms with E-state index >= 15 is 0 Å². The molecular weight excluding hydrogens is 226 g/mol. The maximum atomic E-state index is 11.2. The summed E-state index contributed by atoms with van der Waals surface area (Å²) in [5.41, 5.74) is 7.29. The van der Waals surface area contributed by atoms with Crippen LogP contribution < -0.4 is 16.2 Å². The Labute approximate surface area is 95.2 Å². The molecule has 5 N–H and O–H groups in total. The van der Waals surface area contributed by atoms with Crippen molar-refractivity contribution in [1.29, 1.82) is 0 Å². The van der Waals surface area contributed by atoms with Crippen LogP contribution in [0, 0.1) is 0 Å². The summed E-state index contributed by atoms with van der Waals surface area (Å²) in [4.78, 5) is -0.0702. The third-order valence-electron chi connectivity index (χ3n) is 1.95. The van der Waals surface area contributed by atoms with Crippen LogP contribution in [-0.4, -0.2) is 15.0 Å². The largest absolute Gasteiger partial charge is 0.396 e. The van der Waals surface area contributed by atoms with Gasteiger partial charge in [0.2, 0.25) is 10.0 Å². The normalized spacial score (nSPS) is 11.1. The third-order valence-corrected chi connectivity index (χ3v) is 2.92. The predicted octanol–water partition coefficient (Wildman–Crippen LogP) is 0.904. The summed E-state index contributed by atoms with van der Waals surface area (Å²) < 4.78 is 22.4. The molecule has 0 aromatic heterocycles. The monoisotopic (exact) mass is 241 g/mol. The Bertz CT molecular complexity index is 509. The molecule has 0 aliphatic carbocycles. The smallest absolute Gasteiger partial charge is 0.240 e. The zero-order valence-corrected chi connectivity index (χ0v) is 9.84. The average molecular weight is 241 g/mol. The first-order valence-electron chi connectivity index (χ1n) is 4.62. The Kier molecular flexibility index (Phi) is 3.56. The molecule has 0 amide bonds. The fourth-order valence-corrected chi connectivity index (χ4v) is 1.88. The molecule has 5 nitrogen and oxygen atoms in total. The molecule has 0 spiro atoms. The maximum Gasteiger partial charge on any atom is 0.240 e. The highest BCUT2D eigenvalue weighted by Gasteiger charge is 2.14. The van der Waals surface area contributed by atoms with Gasteiger partial charge in [-0.25, -0.2) is 13.6 Å². The minimum atomic E-state index is -3.78. The Balaban J connectivity index is 3.10. The molecular formula is C10H15N3O2S. The van der Waals surface area contributed by atoms with Crippen LogP contribution in [0.4, 0.5) is 11.4 Å². The second kappa shape index (κ2) is 4.54. The molecule has 0 aliphatic rings. The molecule has 0 saturated carbocycles. The van der Waals surface area contributed by atoms with Crippen molar-refractivity contribution in [2.45, 2.75) is 11.8 Å². The minimum Gasteiger partial charge on any atom is -0.396 e. The maximum absolute atomic E-state index is 11.2. The first-order valence-corrected chi connectivity index (χ1v) is 6.16. The second-order valence-electron chi connectivity index (χ2n) is 3.57. The summed E-state index contributed by atoms with van der Waals surface area (Å²) in [5, 5.41) is 8.01. The number of primary sulfonamides is 1. The van der Waals surface area contributed by atoms with E-state index in [4.69, 9.17) is 10.9 Å². The molecule has 88 valence electrons. The molecule has 0 aliphatic heterocycles. The van der Waals surface area contributed by atoms with Crippen LogP contribution in [0.25, 0.3) is 0 Å². The molecule has 0 atom stereocenters. The minimum absolute atomic E-state index is 0.0702. The van der Waals surface area contributed by atoms with E-state index in [1.807, 2.05) is 6.92 Å². The van der Waals surface area contributed by atoms with Crippen molar-refractivity contribution in [2.24, 2.45) is 5.14 Å². The lowest BCUT2D eigenvalue weighted by Crippen LogP contribution is -2.15. The van der Waals surface area contributed by atoms with Gasteiger partial charge < -0.3 is 11.1 Å². The van der Waals surface area contributed by atoms with Gasteiger partial charge in [0, 0.05) is 6.54 Å². The van der Waals surface area contributed by atoms with E-state index in [1.165, 1.54) is 6.07 Å². The Morgan fingerprint density at radius 1 is 1.50 bits per heavy atom. The Hall–Kier alpha value is -1.53. The summed E-state index contributed by atoms with van der Waals surface area (Å²) in [5.74, 6) is 0. The van der Waals surface area contributed by atoms with Crippen LogP contribution in [0.15, 0.2) is 35.2 Å².